The van der Waals surface area contributed by atoms with Crippen LogP contribution < -0.4 is 16.0 Å². The summed E-state index contributed by atoms with van der Waals surface area (Å²) < 4.78 is 1.58. The van der Waals surface area contributed by atoms with Gasteiger partial charge >= 0.3 is 0 Å². The third kappa shape index (κ3) is 3.80. The van der Waals surface area contributed by atoms with Crippen LogP contribution in [0.1, 0.15) is 24.9 Å². The van der Waals surface area contributed by atoms with Gasteiger partial charge in [-0.3, -0.25) is 14.4 Å². The van der Waals surface area contributed by atoms with E-state index in [0.717, 1.165) is 16.8 Å². The molecule has 0 saturated carbocycles. The summed E-state index contributed by atoms with van der Waals surface area (Å²) in [6.45, 7) is 3.29. The molecule has 2 aromatic carbocycles. The summed E-state index contributed by atoms with van der Waals surface area (Å²) in [7, 11) is 0. The molecule has 0 spiro atoms. The van der Waals surface area contributed by atoms with Gasteiger partial charge in [0.1, 0.15) is 11.9 Å². The highest BCUT2D eigenvalue weighted by molar-refractivity contribution is 6.02. The molecule has 0 bridgehead atoms. The Kier molecular flexibility index (Phi) is 5.05. The van der Waals surface area contributed by atoms with Crippen LogP contribution >= 0.6 is 0 Å². The normalized spacial score (nSPS) is 15.1. The maximum atomic E-state index is 13.0. The maximum absolute atomic E-state index is 13.0. The molecule has 0 aliphatic carbocycles. The molecule has 1 aromatic heterocycles. The van der Waals surface area contributed by atoms with Crippen LogP contribution in [0.4, 0.5) is 17.2 Å². The van der Waals surface area contributed by atoms with Crippen LogP contribution in [-0.4, -0.2) is 27.5 Å². The molecule has 0 unspecified atom stereocenters. The van der Waals surface area contributed by atoms with E-state index in [-0.39, 0.29) is 24.1 Å². The quantitative estimate of drug-likeness (QED) is 0.621. The highest BCUT2D eigenvalue weighted by atomic mass is 16.2. The Labute approximate surface area is 173 Å². The van der Waals surface area contributed by atoms with Gasteiger partial charge in [0.05, 0.1) is 12.1 Å². The van der Waals surface area contributed by atoms with Crippen molar-refractivity contribution in [3.05, 3.63) is 60.2 Å². The average Bonchev–Trinajstić information content (AvgIpc) is 3.04. The lowest BCUT2D eigenvalue weighted by molar-refractivity contribution is -0.125. The first-order valence-electron chi connectivity index (χ1n) is 9.55. The highest BCUT2D eigenvalue weighted by Gasteiger charge is 2.34. The van der Waals surface area contributed by atoms with E-state index in [0.29, 0.717) is 17.2 Å². The topological polar surface area (TPSA) is 105 Å². The summed E-state index contributed by atoms with van der Waals surface area (Å²) in [6.07, 6.45) is -0.0143. The monoisotopic (exact) mass is 403 g/mol. The predicted octanol–water partition coefficient (Wildman–Crippen LogP) is 3.34. The number of hydrogen-bond donors (Lipinski definition) is 3. The minimum atomic E-state index is -0.783. The molecule has 8 heteroatoms. The number of benzene rings is 2. The number of fused-ring (bicyclic) bond motifs is 1. The summed E-state index contributed by atoms with van der Waals surface area (Å²) in [4.78, 5) is 36.6. The Morgan fingerprint density at radius 1 is 1.07 bits per heavy atom. The Bertz CT molecular complexity index is 1140. The first kappa shape index (κ1) is 19.4. The molecule has 3 aromatic rings. The van der Waals surface area contributed by atoms with E-state index in [9.17, 15) is 14.4 Å². The van der Waals surface area contributed by atoms with Crippen molar-refractivity contribution in [1.29, 1.82) is 0 Å². The molecule has 8 nitrogen and oxygen atoms in total. The fourth-order valence-electron chi connectivity index (χ4n) is 3.52. The van der Waals surface area contributed by atoms with Crippen molar-refractivity contribution in [2.75, 3.05) is 16.0 Å². The van der Waals surface area contributed by atoms with Crippen LogP contribution in [0.3, 0.4) is 0 Å². The summed E-state index contributed by atoms with van der Waals surface area (Å²) in [5, 5.41) is 13.0. The number of nitrogens with one attached hydrogen (secondary N) is 3. The van der Waals surface area contributed by atoms with Crippen molar-refractivity contribution in [1.82, 2.24) is 9.78 Å². The zero-order valence-electron chi connectivity index (χ0n) is 16.6. The number of hydrogen-bond acceptors (Lipinski definition) is 4. The van der Waals surface area contributed by atoms with Gasteiger partial charge < -0.3 is 16.0 Å². The summed E-state index contributed by atoms with van der Waals surface area (Å²) in [5.74, 6) is -0.268. The van der Waals surface area contributed by atoms with Gasteiger partial charge in [-0.2, -0.15) is 5.10 Å². The fourth-order valence-corrected chi connectivity index (χ4v) is 3.52. The van der Waals surface area contributed by atoms with Crippen LogP contribution in [-0.2, 0) is 14.4 Å². The van der Waals surface area contributed by atoms with Gasteiger partial charge in [0.15, 0.2) is 0 Å². The molecule has 3 N–H and O–H groups in total. The van der Waals surface area contributed by atoms with Crippen molar-refractivity contribution in [3.8, 4) is 11.3 Å². The Morgan fingerprint density at radius 3 is 2.47 bits per heavy atom. The van der Waals surface area contributed by atoms with Crippen molar-refractivity contribution in [2.24, 2.45) is 0 Å². The van der Waals surface area contributed by atoms with E-state index in [1.807, 2.05) is 37.3 Å². The molecule has 1 atom stereocenters. The number of amides is 3. The number of carbonyl (C=O) groups is 3. The second kappa shape index (κ2) is 7.82. The third-order valence-corrected chi connectivity index (χ3v) is 4.88. The standard InChI is InChI=1S/C22H21N5O3/c1-13-20(15-7-4-3-5-8-15)26-27-18(12-19(29)25-21(13)27)22(30)24-17-10-6-9-16(11-17)23-14(2)28/h3-11,18H,12H2,1-2H3,(H,23,28)(H,24,30)(H,25,29)/t18-/m1/s1. The number of aromatic nitrogens is 2. The third-order valence-electron chi connectivity index (χ3n) is 4.88. The van der Waals surface area contributed by atoms with Gasteiger partial charge in [-0.25, -0.2) is 4.68 Å². The SMILES string of the molecule is CC(=O)Nc1cccc(NC(=O)[C@H]2CC(=O)Nc3c(C)c(-c4ccccc4)nn32)c1. The van der Waals surface area contributed by atoms with Crippen molar-refractivity contribution in [2.45, 2.75) is 26.3 Å². The smallest absolute Gasteiger partial charge is 0.249 e. The van der Waals surface area contributed by atoms with Gasteiger partial charge in [-0.05, 0) is 25.1 Å². The van der Waals surface area contributed by atoms with Crippen LogP contribution in [0.15, 0.2) is 54.6 Å². The van der Waals surface area contributed by atoms with Gasteiger partial charge in [0.2, 0.25) is 17.7 Å². The lowest BCUT2D eigenvalue weighted by Crippen LogP contribution is -2.35. The molecule has 0 saturated heterocycles. The maximum Gasteiger partial charge on any atom is 0.249 e. The molecule has 152 valence electrons. The van der Waals surface area contributed by atoms with Crippen molar-refractivity contribution < 1.29 is 14.4 Å². The summed E-state index contributed by atoms with van der Waals surface area (Å²) in [5.41, 5.74) is 3.53. The molecular weight excluding hydrogens is 382 g/mol. The molecule has 4 rings (SSSR count). The predicted molar refractivity (Wildman–Crippen MR) is 114 cm³/mol. The molecule has 1 aliphatic heterocycles. The van der Waals surface area contributed by atoms with E-state index in [1.54, 1.807) is 28.9 Å². The van der Waals surface area contributed by atoms with Gasteiger partial charge in [0, 0.05) is 29.4 Å². The van der Waals surface area contributed by atoms with E-state index in [1.165, 1.54) is 6.92 Å². The highest BCUT2D eigenvalue weighted by Crippen LogP contribution is 2.34. The van der Waals surface area contributed by atoms with E-state index < -0.39 is 6.04 Å². The Balaban J connectivity index is 1.64. The first-order chi connectivity index (χ1) is 14.4. The van der Waals surface area contributed by atoms with E-state index >= 15 is 0 Å². The summed E-state index contributed by atoms with van der Waals surface area (Å²) >= 11 is 0. The van der Waals surface area contributed by atoms with Crippen LogP contribution in [0.25, 0.3) is 11.3 Å². The van der Waals surface area contributed by atoms with E-state index in [2.05, 4.69) is 21.0 Å². The van der Waals surface area contributed by atoms with Crippen LogP contribution in [0.5, 0.6) is 0 Å². The Morgan fingerprint density at radius 2 is 1.77 bits per heavy atom. The second-order valence-electron chi connectivity index (χ2n) is 7.15. The zero-order chi connectivity index (χ0) is 21.3. The molecule has 0 fully saturated rings. The number of nitrogens with zero attached hydrogens (tertiary/aromatic N) is 2. The van der Waals surface area contributed by atoms with Gasteiger partial charge in [-0.15, -0.1) is 0 Å². The second-order valence-corrected chi connectivity index (χ2v) is 7.15. The number of carbonyl (C=O) groups excluding carboxylic acids is 3. The van der Waals surface area contributed by atoms with Crippen LogP contribution in [0.2, 0.25) is 0 Å². The van der Waals surface area contributed by atoms with Crippen molar-refractivity contribution in [3.63, 3.8) is 0 Å². The Hall–Kier alpha value is -3.94. The largest absolute Gasteiger partial charge is 0.326 e. The molecule has 2 heterocycles. The lowest BCUT2D eigenvalue weighted by atomic mass is 10.1. The number of rotatable bonds is 4. The van der Waals surface area contributed by atoms with Crippen LogP contribution in [0, 0.1) is 6.92 Å². The lowest BCUT2D eigenvalue weighted by Gasteiger charge is -2.24. The molecule has 30 heavy (non-hydrogen) atoms. The van der Waals surface area contributed by atoms with E-state index in [4.69, 9.17) is 0 Å². The molecular formula is C22H21N5O3. The molecule has 3 amide bonds. The summed E-state index contributed by atoms with van der Waals surface area (Å²) in [6, 6.07) is 15.7. The fraction of sp³-hybridized carbons (Fsp3) is 0.182. The van der Waals surface area contributed by atoms with Gasteiger partial charge in [-0.1, -0.05) is 36.4 Å². The minimum absolute atomic E-state index is 0.0143. The zero-order valence-corrected chi connectivity index (χ0v) is 16.6. The molecule has 1 aliphatic rings. The first-order valence-corrected chi connectivity index (χ1v) is 9.55. The number of anilines is 3. The van der Waals surface area contributed by atoms with Crippen molar-refractivity contribution >= 4 is 34.9 Å². The average molecular weight is 403 g/mol. The van der Waals surface area contributed by atoms with Gasteiger partial charge in [0.25, 0.3) is 0 Å². The minimum Gasteiger partial charge on any atom is -0.326 e. The molecule has 0 radical (unpaired) electrons.